The fraction of sp³-hybridized carbons (Fsp3) is 0.480. The number of carbonyl (C=O) groups excluding carboxylic acids is 1. The summed E-state index contributed by atoms with van der Waals surface area (Å²) in [6.07, 6.45) is 3.78. The van der Waals surface area contributed by atoms with Crippen molar-refractivity contribution in [3.8, 4) is 0 Å². The molecule has 1 fully saturated rings. The second-order valence-corrected chi connectivity index (χ2v) is 9.06. The van der Waals surface area contributed by atoms with Gasteiger partial charge in [-0.2, -0.15) is 0 Å². The van der Waals surface area contributed by atoms with Crippen LogP contribution >= 0.6 is 0 Å². The van der Waals surface area contributed by atoms with Gasteiger partial charge in [-0.1, -0.05) is 69.2 Å². The summed E-state index contributed by atoms with van der Waals surface area (Å²) in [5.41, 5.74) is 4.68. The molecule has 2 aromatic rings. The second kappa shape index (κ2) is 8.91. The summed E-state index contributed by atoms with van der Waals surface area (Å²) < 4.78 is 0. The fourth-order valence-corrected chi connectivity index (χ4v) is 3.89. The van der Waals surface area contributed by atoms with Crippen LogP contribution in [0, 0.1) is 6.92 Å². The molecule has 1 heterocycles. The summed E-state index contributed by atoms with van der Waals surface area (Å²) in [6.45, 7) is 11.6. The van der Waals surface area contributed by atoms with Crippen LogP contribution in [-0.2, 0) is 5.41 Å². The molecule has 0 aromatic heterocycles. The van der Waals surface area contributed by atoms with E-state index in [1.165, 1.54) is 36.0 Å². The number of piperidine rings is 1. The molecule has 0 unspecified atom stereocenters. The second-order valence-electron chi connectivity index (χ2n) is 9.06. The zero-order chi connectivity index (χ0) is 20.1. The van der Waals surface area contributed by atoms with Gasteiger partial charge in [-0.25, -0.2) is 0 Å². The minimum Gasteiger partial charge on any atom is -0.350 e. The van der Waals surface area contributed by atoms with Gasteiger partial charge in [0.25, 0.3) is 5.91 Å². The number of hydrogen-bond acceptors (Lipinski definition) is 2. The molecule has 1 aliphatic rings. The van der Waals surface area contributed by atoms with Gasteiger partial charge in [0.2, 0.25) is 0 Å². The molecule has 3 nitrogen and oxygen atoms in total. The molecule has 0 saturated carbocycles. The molecule has 2 aromatic carbocycles. The van der Waals surface area contributed by atoms with E-state index in [-0.39, 0.29) is 17.4 Å². The number of benzene rings is 2. The first-order valence-electron chi connectivity index (χ1n) is 10.5. The van der Waals surface area contributed by atoms with Crippen molar-refractivity contribution in [3.05, 3.63) is 70.8 Å². The average molecular weight is 379 g/mol. The summed E-state index contributed by atoms with van der Waals surface area (Å²) >= 11 is 0. The lowest BCUT2D eigenvalue weighted by atomic mass is 9.86. The minimum absolute atomic E-state index is 0.00770. The van der Waals surface area contributed by atoms with Crippen molar-refractivity contribution in [3.63, 3.8) is 0 Å². The Morgan fingerprint density at radius 1 is 0.964 bits per heavy atom. The first-order valence-corrected chi connectivity index (χ1v) is 10.5. The number of nitrogens with one attached hydrogen (secondary N) is 1. The summed E-state index contributed by atoms with van der Waals surface area (Å²) in [7, 11) is 0. The smallest absolute Gasteiger partial charge is 0.251 e. The highest BCUT2D eigenvalue weighted by molar-refractivity contribution is 5.94. The van der Waals surface area contributed by atoms with E-state index < -0.39 is 0 Å². The molecule has 1 N–H and O–H groups in total. The van der Waals surface area contributed by atoms with Crippen molar-refractivity contribution in [2.24, 2.45) is 0 Å². The van der Waals surface area contributed by atoms with E-state index in [0.29, 0.717) is 6.54 Å². The van der Waals surface area contributed by atoms with Crippen LogP contribution in [-0.4, -0.2) is 30.4 Å². The number of nitrogens with zero attached hydrogens (tertiary/aromatic N) is 1. The molecule has 0 spiro atoms. The van der Waals surface area contributed by atoms with Gasteiger partial charge in [-0.15, -0.1) is 0 Å². The molecule has 28 heavy (non-hydrogen) atoms. The Morgan fingerprint density at radius 3 is 2.14 bits per heavy atom. The molecule has 1 amide bonds. The zero-order valence-corrected chi connectivity index (χ0v) is 17.8. The lowest BCUT2D eigenvalue weighted by molar-refractivity contribution is 0.0924. The molecule has 1 atom stereocenters. The number of likely N-dealkylation sites (tertiary alicyclic amines) is 1. The van der Waals surface area contributed by atoms with Crippen LogP contribution in [0.25, 0.3) is 0 Å². The number of carbonyl (C=O) groups is 1. The third-order valence-corrected chi connectivity index (χ3v) is 5.76. The van der Waals surface area contributed by atoms with Crippen LogP contribution in [0.2, 0.25) is 0 Å². The van der Waals surface area contributed by atoms with Crippen molar-refractivity contribution in [1.29, 1.82) is 0 Å². The third kappa shape index (κ3) is 5.23. The molecule has 150 valence electrons. The van der Waals surface area contributed by atoms with Crippen molar-refractivity contribution >= 4 is 5.91 Å². The van der Waals surface area contributed by atoms with Gasteiger partial charge in [0.05, 0.1) is 6.04 Å². The topological polar surface area (TPSA) is 32.3 Å². The summed E-state index contributed by atoms with van der Waals surface area (Å²) in [4.78, 5) is 15.2. The van der Waals surface area contributed by atoms with E-state index in [1.54, 1.807) is 0 Å². The first-order chi connectivity index (χ1) is 13.3. The number of amides is 1. The Balaban J connectivity index is 1.75. The predicted octanol–water partition coefficient (Wildman–Crippen LogP) is 5.25. The van der Waals surface area contributed by atoms with Gasteiger partial charge in [-0.3, -0.25) is 9.69 Å². The molecule has 1 saturated heterocycles. The van der Waals surface area contributed by atoms with Crippen molar-refractivity contribution in [2.75, 3.05) is 19.6 Å². The van der Waals surface area contributed by atoms with E-state index >= 15 is 0 Å². The van der Waals surface area contributed by atoms with Gasteiger partial charge in [-0.05, 0) is 61.5 Å². The Kier molecular flexibility index (Phi) is 6.56. The molecule has 1 aliphatic heterocycles. The monoisotopic (exact) mass is 378 g/mol. The molecular formula is C25H34N2O. The summed E-state index contributed by atoms with van der Waals surface area (Å²) in [6, 6.07) is 17.0. The Morgan fingerprint density at radius 2 is 1.57 bits per heavy atom. The maximum absolute atomic E-state index is 12.6. The predicted molar refractivity (Wildman–Crippen MR) is 117 cm³/mol. The molecule has 0 aliphatic carbocycles. The Hall–Kier alpha value is -2.13. The van der Waals surface area contributed by atoms with Gasteiger partial charge in [0, 0.05) is 12.1 Å². The highest BCUT2D eigenvalue weighted by Crippen LogP contribution is 2.28. The summed E-state index contributed by atoms with van der Waals surface area (Å²) in [5, 5.41) is 3.18. The molecule has 0 radical (unpaired) electrons. The van der Waals surface area contributed by atoms with Gasteiger partial charge in [0.15, 0.2) is 0 Å². The average Bonchev–Trinajstić information content (AvgIpc) is 2.69. The number of rotatable bonds is 5. The third-order valence-electron chi connectivity index (χ3n) is 5.76. The van der Waals surface area contributed by atoms with Crippen LogP contribution in [0.15, 0.2) is 48.5 Å². The van der Waals surface area contributed by atoms with Crippen LogP contribution in [0.5, 0.6) is 0 Å². The molecular weight excluding hydrogens is 344 g/mol. The van der Waals surface area contributed by atoms with Crippen LogP contribution in [0.4, 0.5) is 0 Å². The Labute approximate surface area is 170 Å². The molecule has 3 rings (SSSR count). The largest absolute Gasteiger partial charge is 0.350 e. The van der Waals surface area contributed by atoms with Crippen LogP contribution in [0.3, 0.4) is 0 Å². The van der Waals surface area contributed by atoms with Gasteiger partial charge in [0.1, 0.15) is 0 Å². The van der Waals surface area contributed by atoms with E-state index in [1.807, 2.05) is 31.2 Å². The zero-order valence-electron chi connectivity index (χ0n) is 17.8. The lowest BCUT2D eigenvalue weighted by Crippen LogP contribution is -2.40. The fourth-order valence-electron chi connectivity index (χ4n) is 3.89. The Bertz CT molecular complexity index is 766. The van der Waals surface area contributed by atoms with Crippen molar-refractivity contribution in [2.45, 2.75) is 58.4 Å². The minimum atomic E-state index is 0.00770. The maximum atomic E-state index is 12.6. The van der Waals surface area contributed by atoms with Crippen molar-refractivity contribution < 1.29 is 4.79 Å². The normalized spacial score (nSPS) is 16.6. The van der Waals surface area contributed by atoms with Crippen LogP contribution < -0.4 is 5.32 Å². The number of hydrogen-bond donors (Lipinski definition) is 1. The quantitative estimate of drug-likeness (QED) is 0.771. The lowest BCUT2D eigenvalue weighted by Gasteiger charge is -2.35. The van der Waals surface area contributed by atoms with Gasteiger partial charge < -0.3 is 5.32 Å². The van der Waals surface area contributed by atoms with Crippen molar-refractivity contribution in [1.82, 2.24) is 10.2 Å². The highest BCUT2D eigenvalue weighted by atomic mass is 16.1. The highest BCUT2D eigenvalue weighted by Gasteiger charge is 2.24. The van der Waals surface area contributed by atoms with E-state index in [9.17, 15) is 4.79 Å². The van der Waals surface area contributed by atoms with Gasteiger partial charge >= 0.3 is 0 Å². The molecule has 0 bridgehead atoms. The van der Waals surface area contributed by atoms with E-state index in [4.69, 9.17) is 0 Å². The van der Waals surface area contributed by atoms with E-state index in [2.05, 4.69) is 55.3 Å². The SMILES string of the molecule is Cc1ccc(C(=O)NC[C@H](c2ccc(C(C)(C)C)cc2)N2CCCCC2)cc1. The maximum Gasteiger partial charge on any atom is 0.251 e. The first kappa shape index (κ1) is 20.6. The van der Waals surface area contributed by atoms with E-state index in [0.717, 1.165) is 18.7 Å². The molecule has 3 heteroatoms. The standard InChI is InChI=1S/C25H34N2O/c1-19-8-10-21(11-9-19)24(28)26-18-23(27-16-6-5-7-17-27)20-12-14-22(15-13-20)25(2,3)4/h8-15,23H,5-7,16-18H2,1-4H3,(H,26,28)/t23-/m1/s1. The number of aryl methyl sites for hydroxylation is 1. The summed E-state index contributed by atoms with van der Waals surface area (Å²) in [5.74, 6) is 0.00770. The van der Waals surface area contributed by atoms with Crippen LogP contribution in [0.1, 0.15) is 73.1 Å².